The van der Waals surface area contributed by atoms with Crippen LogP contribution in [0.3, 0.4) is 0 Å². The first-order chi connectivity index (χ1) is 9.35. The van der Waals surface area contributed by atoms with Gasteiger partial charge in [0.25, 0.3) is 0 Å². The smallest absolute Gasteiger partial charge is 0.124 e. The van der Waals surface area contributed by atoms with E-state index in [1.165, 1.54) is 18.4 Å². The maximum Gasteiger partial charge on any atom is 0.124 e. The number of nitrogens with one attached hydrogen (secondary N) is 1. The summed E-state index contributed by atoms with van der Waals surface area (Å²) in [7, 11) is 1.80. The summed E-state index contributed by atoms with van der Waals surface area (Å²) >= 11 is 0. The zero-order chi connectivity index (χ0) is 13.5. The van der Waals surface area contributed by atoms with Crippen LogP contribution in [0.5, 0.6) is 5.75 Å². The molecule has 0 aromatic heterocycles. The van der Waals surface area contributed by atoms with Gasteiger partial charge in [-0.3, -0.25) is 0 Å². The average molecular weight is 261 g/mol. The second kappa shape index (κ2) is 7.31. The normalized spacial score (nSPS) is 22.4. The Hall–Kier alpha value is -1.32. The van der Waals surface area contributed by atoms with Gasteiger partial charge in [-0.05, 0) is 25.3 Å². The highest BCUT2D eigenvalue weighted by molar-refractivity contribution is 5.33. The third-order valence-electron chi connectivity index (χ3n) is 3.64. The van der Waals surface area contributed by atoms with E-state index in [1.54, 1.807) is 13.2 Å². The second-order valence-electron chi connectivity index (χ2n) is 4.90. The van der Waals surface area contributed by atoms with Crippen LogP contribution in [0, 0.1) is 0 Å². The molecule has 2 atom stereocenters. The molecule has 1 aliphatic carbocycles. The lowest BCUT2D eigenvalue weighted by Gasteiger charge is -2.20. The van der Waals surface area contributed by atoms with Crippen molar-refractivity contribution in [2.45, 2.75) is 38.0 Å². The molecule has 0 saturated heterocycles. The molecule has 0 amide bonds. The Morgan fingerprint density at radius 1 is 1.37 bits per heavy atom. The van der Waals surface area contributed by atoms with Gasteiger partial charge in [-0.2, -0.15) is 0 Å². The van der Waals surface area contributed by atoms with Crippen molar-refractivity contribution in [1.82, 2.24) is 5.32 Å². The molecule has 1 aliphatic rings. The molecular weight excluding hydrogens is 238 g/mol. The minimum atomic E-state index is 0.348. The minimum absolute atomic E-state index is 0.348. The third kappa shape index (κ3) is 3.82. The fourth-order valence-corrected chi connectivity index (χ4v) is 2.62. The first-order valence-electron chi connectivity index (χ1n) is 6.93. The van der Waals surface area contributed by atoms with Crippen molar-refractivity contribution in [1.29, 1.82) is 0 Å². The zero-order valence-corrected chi connectivity index (χ0v) is 11.6. The largest absolute Gasteiger partial charge is 0.489 e. The highest BCUT2D eigenvalue weighted by Gasteiger charge is 2.26. The Labute approximate surface area is 115 Å². The zero-order valence-electron chi connectivity index (χ0n) is 11.6. The van der Waals surface area contributed by atoms with E-state index < -0.39 is 0 Å². The summed E-state index contributed by atoms with van der Waals surface area (Å²) in [6.45, 7) is 5.04. The quantitative estimate of drug-likeness (QED) is 0.766. The van der Waals surface area contributed by atoms with Gasteiger partial charge < -0.3 is 14.8 Å². The highest BCUT2D eigenvalue weighted by atomic mass is 16.5. The highest BCUT2D eigenvalue weighted by Crippen LogP contribution is 2.23. The van der Waals surface area contributed by atoms with E-state index in [2.05, 4.69) is 18.0 Å². The molecule has 1 saturated carbocycles. The van der Waals surface area contributed by atoms with Crippen LogP contribution in [0.25, 0.3) is 0 Å². The van der Waals surface area contributed by atoms with E-state index in [0.717, 1.165) is 18.7 Å². The number of para-hydroxylation sites is 1. The third-order valence-corrected chi connectivity index (χ3v) is 3.64. The fraction of sp³-hybridized carbons (Fsp3) is 0.500. The minimum Gasteiger partial charge on any atom is -0.489 e. The molecule has 0 heterocycles. The van der Waals surface area contributed by atoms with Crippen LogP contribution < -0.4 is 10.1 Å². The lowest BCUT2D eigenvalue weighted by molar-refractivity contribution is 0.0846. The molecule has 1 aromatic rings. The predicted molar refractivity (Wildman–Crippen MR) is 77.4 cm³/mol. The molecule has 3 heteroatoms. The maximum atomic E-state index is 5.67. The summed E-state index contributed by atoms with van der Waals surface area (Å²) < 4.78 is 11.2. The van der Waals surface area contributed by atoms with E-state index in [9.17, 15) is 0 Å². The fourth-order valence-electron chi connectivity index (χ4n) is 2.62. The second-order valence-corrected chi connectivity index (χ2v) is 4.90. The standard InChI is InChI=1S/C16H23NO2/c1-3-11-19-15-9-5-4-7-13(15)12-17-14-8-6-10-16(14)18-2/h3-5,7,9,14,16-17H,1,6,8,10-12H2,2H3. The number of hydrogen-bond donors (Lipinski definition) is 1. The Kier molecular flexibility index (Phi) is 5.43. The van der Waals surface area contributed by atoms with Crippen LogP contribution in [0.4, 0.5) is 0 Å². The Bertz CT molecular complexity index is 405. The van der Waals surface area contributed by atoms with Crippen LogP contribution in [0.1, 0.15) is 24.8 Å². The van der Waals surface area contributed by atoms with Crippen molar-refractivity contribution in [2.24, 2.45) is 0 Å². The van der Waals surface area contributed by atoms with Crippen LogP contribution in [-0.4, -0.2) is 25.9 Å². The summed E-state index contributed by atoms with van der Waals surface area (Å²) in [5, 5.41) is 3.58. The van der Waals surface area contributed by atoms with Crippen LogP contribution in [-0.2, 0) is 11.3 Å². The molecule has 1 fully saturated rings. The first-order valence-corrected chi connectivity index (χ1v) is 6.93. The van der Waals surface area contributed by atoms with Crippen molar-refractivity contribution in [2.75, 3.05) is 13.7 Å². The summed E-state index contributed by atoms with van der Waals surface area (Å²) in [5.41, 5.74) is 1.19. The Morgan fingerprint density at radius 3 is 3.00 bits per heavy atom. The molecule has 0 aliphatic heterocycles. The molecule has 0 spiro atoms. The number of benzene rings is 1. The molecule has 104 valence electrons. The number of methoxy groups -OCH3 is 1. The van der Waals surface area contributed by atoms with Gasteiger partial charge in [-0.1, -0.05) is 30.9 Å². The lowest BCUT2D eigenvalue weighted by Crippen LogP contribution is -2.36. The van der Waals surface area contributed by atoms with Crippen molar-refractivity contribution >= 4 is 0 Å². The van der Waals surface area contributed by atoms with E-state index >= 15 is 0 Å². The predicted octanol–water partition coefficient (Wildman–Crippen LogP) is 2.91. The molecule has 1 aromatic carbocycles. The molecule has 0 radical (unpaired) electrons. The number of ether oxygens (including phenoxy) is 2. The van der Waals surface area contributed by atoms with Crippen molar-refractivity contribution in [3.05, 3.63) is 42.5 Å². The molecule has 1 N–H and O–H groups in total. The van der Waals surface area contributed by atoms with Gasteiger partial charge in [0.15, 0.2) is 0 Å². The Morgan fingerprint density at radius 2 is 2.21 bits per heavy atom. The molecule has 0 bridgehead atoms. The van der Waals surface area contributed by atoms with Gasteiger partial charge in [0.05, 0.1) is 6.10 Å². The van der Waals surface area contributed by atoms with Gasteiger partial charge in [-0.25, -0.2) is 0 Å². The number of rotatable bonds is 7. The number of hydrogen-bond acceptors (Lipinski definition) is 3. The average Bonchev–Trinajstić information content (AvgIpc) is 2.91. The monoisotopic (exact) mass is 261 g/mol. The summed E-state index contributed by atoms with van der Waals surface area (Å²) in [6.07, 6.45) is 5.70. The van der Waals surface area contributed by atoms with Crippen molar-refractivity contribution in [3.8, 4) is 5.75 Å². The van der Waals surface area contributed by atoms with Crippen LogP contribution in [0.2, 0.25) is 0 Å². The van der Waals surface area contributed by atoms with E-state index in [0.29, 0.717) is 18.8 Å². The molecule has 3 nitrogen and oxygen atoms in total. The van der Waals surface area contributed by atoms with Gasteiger partial charge in [0, 0.05) is 25.3 Å². The van der Waals surface area contributed by atoms with E-state index in [-0.39, 0.29) is 0 Å². The van der Waals surface area contributed by atoms with Gasteiger partial charge in [0.1, 0.15) is 12.4 Å². The summed E-state index contributed by atoms with van der Waals surface area (Å²) in [5.74, 6) is 0.932. The topological polar surface area (TPSA) is 30.5 Å². The Balaban J connectivity index is 1.93. The van der Waals surface area contributed by atoms with E-state index in [1.807, 2.05) is 18.2 Å². The lowest BCUT2D eigenvalue weighted by atomic mass is 10.1. The molecule has 19 heavy (non-hydrogen) atoms. The van der Waals surface area contributed by atoms with Crippen LogP contribution >= 0.6 is 0 Å². The molecule has 2 unspecified atom stereocenters. The van der Waals surface area contributed by atoms with Gasteiger partial charge in [-0.15, -0.1) is 0 Å². The van der Waals surface area contributed by atoms with Crippen molar-refractivity contribution < 1.29 is 9.47 Å². The molecular formula is C16H23NO2. The maximum absolute atomic E-state index is 5.67. The van der Waals surface area contributed by atoms with E-state index in [4.69, 9.17) is 9.47 Å². The van der Waals surface area contributed by atoms with Crippen molar-refractivity contribution in [3.63, 3.8) is 0 Å². The van der Waals surface area contributed by atoms with Gasteiger partial charge >= 0.3 is 0 Å². The first kappa shape index (κ1) is 14.1. The molecule has 2 rings (SSSR count). The van der Waals surface area contributed by atoms with Gasteiger partial charge in [0.2, 0.25) is 0 Å². The SMILES string of the molecule is C=CCOc1ccccc1CNC1CCCC1OC. The summed E-state index contributed by atoms with van der Waals surface area (Å²) in [6, 6.07) is 8.60. The van der Waals surface area contributed by atoms with Crippen LogP contribution in [0.15, 0.2) is 36.9 Å². The summed E-state index contributed by atoms with van der Waals surface area (Å²) in [4.78, 5) is 0.